The predicted molar refractivity (Wildman–Crippen MR) is 103 cm³/mol. The molecule has 0 unspecified atom stereocenters. The van der Waals surface area contributed by atoms with Gasteiger partial charge in [-0.15, -0.1) is 0 Å². The van der Waals surface area contributed by atoms with E-state index in [1.807, 2.05) is 44.2 Å². The first kappa shape index (κ1) is 18.2. The van der Waals surface area contributed by atoms with Gasteiger partial charge < -0.3 is 14.5 Å². The van der Waals surface area contributed by atoms with Crippen molar-refractivity contribution in [3.05, 3.63) is 69.7 Å². The van der Waals surface area contributed by atoms with Crippen LogP contribution in [0.3, 0.4) is 0 Å². The highest BCUT2D eigenvalue weighted by atomic mass is 79.9. The lowest BCUT2D eigenvalue weighted by molar-refractivity contribution is 0.0922. The van der Waals surface area contributed by atoms with Gasteiger partial charge in [0.05, 0.1) is 12.8 Å². The highest BCUT2D eigenvalue weighted by Crippen LogP contribution is 2.27. The summed E-state index contributed by atoms with van der Waals surface area (Å²) in [4.78, 5) is 17.0. The molecule has 0 saturated heterocycles. The van der Waals surface area contributed by atoms with Gasteiger partial charge in [-0.1, -0.05) is 0 Å². The number of aromatic nitrogens is 1. The zero-order chi connectivity index (χ0) is 18.7. The van der Waals surface area contributed by atoms with E-state index in [0.717, 1.165) is 33.8 Å². The molecule has 0 atom stereocenters. The fourth-order valence-corrected chi connectivity index (χ4v) is 3.07. The first-order valence-corrected chi connectivity index (χ1v) is 8.92. The topological polar surface area (TPSA) is 64.4 Å². The molecule has 1 amide bonds. The third-order valence-electron chi connectivity index (χ3n) is 4.06. The molecular formula is C20H19BrN2O3. The van der Waals surface area contributed by atoms with Crippen LogP contribution in [0.15, 0.2) is 51.6 Å². The Morgan fingerprint density at radius 3 is 2.54 bits per heavy atom. The van der Waals surface area contributed by atoms with Crippen molar-refractivity contribution in [2.24, 2.45) is 0 Å². The normalized spacial score (nSPS) is 10.6. The van der Waals surface area contributed by atoms with Gasteiger partial charge in [0, 0.05) is 23.4 Å². The second kappa shape index (κ2) is 7.74. The third-order valence-corrected chi connectivity index (χ3v) is 4.49. The lowest BCUT2D eigenvalue weighted by Gasteiger charge is -2.14. The molecule has 1 N–H and O–H groups in total. The molecule has 0 saturated carbocycles. The van der Waals surface area contributed by atoms with Gasteiger partial charge in [0.15, 0.2) is 10.4 Å². The number of hydrogen-bond acceptors (Lipinski definition) is 4. The fourth-order valence-electron chi connectivity index (χ4n) is 2.77. The van der Waals surface area contributed by atoms with E-state index < -0.39 is 0 Å². The summed E-state index contributed by atoms with van der Waals surface area (Å²) in [5, 5.41) is 2.90. The van der Waals surface area contributed by atoms with Crippen LogP contribution in [0, 0.1) is 13.8 Å². The molecule has 3 aromatic rings. The lowest BCUT2D eigenvalue weighted by atomic mass is 10.0. The lowest BCUT2D eigenvalue weighted by Crippen LogP contribution is -2.23. The number of aryl methyl sites for hydroxylation is 2. The van der Waals surface area contributed by atoms with E-state index in [4.69, 9.17) is 14.1 Å². The summed E-state index contributed by atoms with van der Waals surface area (Å²) in [6.45, 7) is 4.34. The number of benzene rings is 1. The van der Waals surface area contributed by atoms with Crippen LogP contribution in [0.25, 0.3) is 11.3 Å². The molecule has 2 heterocycles. The van der Waals surface area contributed by atoms with Gasteiger partial charge >= 0.3 is 0 Å². The predicted octanol–water partition coefficient (Wildman–Crippen LogP) is 4.66. The van der Waals surface area contributed by atoms with Crippen LogP contribution in [0.1, 0.15) is 27.4 Å². The van der Waals surface area contributed by atoms with Crippen molar-refractivity contribution in [2.45, 2.75) is 20.4 Å². The molecule has 0 aliphatic rings. The Bertz CT molecular complexity index is 933. The largest absolute Gasteiger partial charge is 0.497 e. The van der Waals surface area contributed by atoms with Crippen LogP contribution in [0.2, 0.25) is 0 Å². The first-order valence-electron chi connectivity index (χ1n) is 8.13. The first-order chi connectivity index (χ1) is 12.5. The molecule has 0 radical (unpaired) electrons. The van der Waals surface area contributed by atoms with Crippen molar-refractivity contribution in [3.63, 3.8) is 0 Å². The van der Waals surface area contributed by atoms with Crippen LogP contribution in [-0.2, 0) is 6.54 Å². The molecule has 5 nitrogen and oxygen atoms in total. The summed E-state index contributed by atoms with van der Waals surface area (Å²) in [7, 11) is 1.64. The minimum atomic E-state index is -0.267. The zero-order valence-electron chi connectivity index (χ0n) is 14.8. The average Bonchev–Trinajstić information content (AvgIpc) is 3.07. The summed E-state index contributed by atoms with van der Waals surface area (Å²) < 4.78 is 11.0. The highest BCUT2D eigenvalue weighted by Gasteiger charge is 2.15. The number of furan rings is 1. The van der Waals surface area contributed by atoms with E-state index in [2.05, 4.69) is 21.2 Å². The third kappa shape index (κ3) is 3.96. The number of pyridine rings is 1. The molecule has 2 aromatic heterocycles. The average molecular weight is 415 g/mol. The molecule has 1 aromatic carbocycles. The van der Waals surface area contributed by atoms with Crippen molar-refractivity contribution in [1.82, 2.24) is 10.3 Å². The quantitative estimate of drug-likeness (QED) is 0.659. The number of nitrogens with zero attached hydrogens (tertiary/aromatic N) is 1. The second-order valence-electron chi connectivity index (χ2n) is 5.92. The summed E-state index contributed by atoms with van der Waals surface area (Å²) in [5.41, 5.74) is 4.80. The Kier molecular flexibility index (Phi) is 5.42. The number of rotatable bonds is 5. The van der Waals surface area contributed by atoms with Crippen molar-refractivity contribution < 1.29 is 13.9 Å². The van der Waals surface area contributed by atoms with Gasteiger partial charge in [0.1, 0.15) is 5.75 Å². The zero-order valence-corrected chi connectivity index (χ0v) is 16.4. The van der Waals surface area contributed by atoms with Crippen LogP contribution < -0.4 is 10.1 Å². The van der Waals surface area contributed by atoms with Gasteiger partial charge in [-0.05, 0) is 77.8 Å². The van der Waals surface area contributed by atoms with Crippen LogP contribution >= 0.6 is 15.9 Å². The van der Waals surface area contributed by atoms with Gasteiger partial charge in [-0.3, -0.25) is 9.78 Å². The number of carbonyl (C=O) groups excluding carboxylic acids is 1. The Morgan fingerprint density at radius 1 is 1.19 bits per heavy atom. The molecule has 0 aliphatic carbocycles. The molecule has 134 valence electrons. The van der Waals surface area contributed by atoms with Gasteiger partial charge in [-0.25, -0.2) is 0 Å². The SMILES string of the molecule is COc1ccc(-c2nc(C)cc(C)c2CNC(=O)c2ccc(Br)o2)cc1. The van der Waals surface area contributed by atoms with E-state index in [1.165, 1.54) is 0 Å². The molecule has 0 aliphatic heterocycles. The van der Waals surface area contributed by atoms with E-state index >= 15 is 0 Å². The monoisotopic (exact) mass is 414 g/mol. The van der Waals surface area contributed by atoms with E-state index in [-0.39, 0.29) is 11.7 Å². The summed E-state index contributed by atoms with van der Waals surface area (Å²) >= 11 is 3.20. The Labute approximate surface area is 160 Å². The Balaban J connectivity index is 1.89. The maximum Gasteiger partial charge on any atom is 0.287 e. The second-order valence-corrected chi connectivity index (χ2v) is 6.70. The number of amides is 1. The number of carbonyl (C=O) groups is 1. The maximum absolute atomic E-state index is 12.3. The summed E-state index contributed by atoms with van der Waals surface area (Å²) in [6, 6.07) is 13.1. The molecule has 0 fully saturated rings. The van der Waals surface area contributed by atoms with Gasteiger partial charge in [0.2, 0.25) is 0 Å². The standard InChI is InChI=1S/C20H19BrN2O3/c1-12-10-13(2)23-19(14-4-6-15(25-3)7-5-14)16(12)11-22-20(24)17-8-9-18(21)26-17/h4-10H,11H2,1-3H3,(H,22,24). The molecule has 26 heavy (non-hydrogen) atoms. The maximum atomic E-state index is 12.3. The van der Waals surface area contributed by atoms with Crippen molar-refractivity contribution >= 4 is 21.8 Å². The number of halogens is 1. The molecule has 0 bridgehead atoms. The smallest absolute Gasteiger partial charge is 0.287 e. The number of methoxy groups -OCH3 is 1. The summed E-state index contributed by atoms with van der Waals surface area (Å²) in [6.07, 6.45) is 0. The molecular weight excluding hydrogens is 396 g/mol. The van der Waals surface area contributed by atoms with Gasteiger partial charge in [-0.2, -0.15) is 0 Å². The van der Waals surface area contributed by atoms with E-state index in [1.54, 1.807) is 19.2 Å². The highest BCUT2D eigenvalue weighted by molar-refractivity contribution is 9.10. The van der Waals surface area contributed by atoms with Gasteiger partial charge in [0.25, 0.3) is 5.91 Å². The molecule has 0 spiro atoms. The van der Waals surface area contributed by atoms with Crippen molar-refractivity contribution in [3.8, 4) is 17.0 Å². The number of nitrogens with one attached hydrogen (secondary N) is 1. The molecule has 6 heteroatoms. The van der Waals surface area contributed by atoms with Crippen molar-refractivity contribution in [2.75, 3.05) is 7.11 Å². The van der Waals surface area contributed by atoms with E-state index in [0.29, 0.717) is 11.2 Å². The fraction of sp³-hybridized carbons (Fsp3) is 0.200. The Morgan fingerprint density at radius 2 is 1.92 bits per heavy atom. The van der Waals surface area contributed by atoms with E-state index in [9.17, 15) is 4.79 Å². The summed E-state index contributed by atoms with van der Waals surface area (Å²) in [5.74, 6) is 0.785. The van der Waals surface area contributed by atoms with Crippen molar-refractivity contribution in [1.29, 1.82) is 0 Å². The van der Waals surface area contributed by atoms with Crippen LogP contribution in [-0.4, -0.2) is 18.0 Å². The van der Waals surface area contributed by atoms with Crippen LogP contribution in [0.4, 0.5) is 0 Å². The number of ether oxygens (including phenoxy) is 1. The molecule has 3 rings (SSSR count). The minimum Gasteiger partial charge on any atom is -0.497 e. The Hall–Kier alpha value is -2.60. The number of hydrogen-bond donors (Lipinski definition) is 1. The van der Waals surface area contributed by atoms with Crippen LogP contribution in [0.5, 0.6) is 5.75 Å². The minimum absolute atomic E-state index is 0.264.